The Bertz CT molecular complexity index is 617. The van der Waals surface area contributed by atoms with Gasteiger partial charge in [0, 0.05) is 0 Å². The molecule has 0 bridgehead atoms. The highest BCUT2D eigenvalue weighted by Gasteiger charge is 2.26. The van der Waals surface area contributed by atoms with Gasteiger partial charge in [0.1, 0.15) is 6.29 Å². The lowest BCUT2D eigenvalue weighted by atomic mass is 9.78. The van der Waals surface area contributed by atoms with Crippen molar-refractivity contribution in [1.82, 2.24) is 0 Å². The van der Waals surface area contributed by atoms with E-state index in [-0.39, 0.29) is 5.97 Å². The van der Waals surface area contributed by atoms with Gasteiger partial charge in [0.25, 0.3) is 0 Å². The highest BCUT2D eigenvalue weighted by molar-refractivity contribution is 5.89. The van der Waals surface area contributed by atoms with Crippen molar-refractivity contribution < 1.29 is 14.3 Å². The topological polar surface area (TPSA) is 43.4 Å². The Morgan fingerprint density at radius 2 is 1.71 bits per heavy atom. The van der Waals surface area contributed by atoms with Crippen LogP contribution in [0.3, 0.4) is 0 Å². The molecule has 0 aromatic heterocycles. The molecule has 0 saturated heterocycles. The summed E-state index contributed by atoms with van der Waals surface area (Å²) in [5.74, 6) is -0.359. The van der Waals surface area contributed by atoms with E-state index >= 15 is 0 Å². The zero-order valence-corrected chi connectivity index (χ0v) is 12.2. The molecule has 21 heavy (non-hydrogen) atoms. The van der Waals surface area contributed by atoms with Crippen LogP contribution in [0.1, 0.15) is 28.4 Å². The molecule has 1 atom stereocenters. The van der Waals surface area contributed by atoms with E-state index in [1.54, 1.807) is 12.1 Å². The largest absolute Gasteiger partial charge is 0.465 e. The number of methoxy groups -OCH3 is 1. The van der Waals surface area contributed by atoms with E-state index in [0.717, 1.165) is 17.4 Å². The van der Waals surface area contributed by atoms with Gasteiger partial charge in [0.2, 0.25) is 0 Å². The predicted octanol–water partition coefficient (Wildman–Crippen LogP) is 3.17. The van der Waals surface area contributed by atoms with Gasteiger partial charge in [-0.3, -0.25) is 0 Å². The number of carbonyl (C=O) groups excluding carboxylic acids is 2. The molecule has 0 amide bonds. The molecule has 0 aliphatic rings. The summed E-state index contributed by atoms with van der Waals surface area (Å²) in [5.41, 5.74) is 1.92. The molecule has 3 nitrogen and oxygen atoms in total. The lowest BCUT2D eigenvalue weighted by molar-refractivity contribution is -0.112. The first-order valence-electron chi connectivity index (χ1n) is 6.78. The fourth-order valence-corrected chi connectivity index (χ4v) is 2.33. The average Bonchev–Trinajstić information content (AvgIpc) is 2.55. The van der Waals surface area contributed by atoms with Crippen LogP contribution in [0, 0.1) is 0 Å². The van der Waals surface area contributed by atoms with Gasteiger partial charge >= 0.3 is 5.97 Å². The van der Waals surface area contributed by atoms with Crippen LogP contribution in [-0.2, 0) is 21.4 Å². The minimum absolute atomic E-state index is 0.359. The summed E-state index contributed by atoms with van der Waals surface area (Å²) < 4.78 is 4.67. The standard InChI is InChI=1S/C18H18O3/c1-18(13-19,16-6-4-3-5-7-16)12-14-8-10-15(11-9-14)17(20)21-2/h3-11,13H,12H2,1-2H3. The first-order chi connectivity index (χ1) is 10.1. The number of esters is 1. The fraction of sp³-hybridized carbons (Fsp3) is 0.222. The number of ether oxygens (including phenoxy) is 1. The lowest BCUT2D eigenvalue weighted by Crippen LogP contribution is -2.26. The van der Waals surface area contributed by atoms with Crippen LogP contribution in [0.15, 0.2) is 54.6 Å². The molecule has 0 N–H and O–H groups in total. The summed E-state index contributed by atoms with van der Waals surface area (Å²) in [5, 5.41) is 0. The second-order valence-electron chi connectivity index (χ2n) is 5.27. The van der Waals surface area contributed by atoms with Crippen LogP contribution in [0.5, 0.6) is 0 Å². The van der Waals surface area contributed by atoms with Gasteiger partial charge in [-0.2, -0.15) is 0 Å². The Morgan fingerprint density at radius 3 is 2.24 bits per heavy atom. The third-order valence-electron chi connectivity index (χ3n) is 3.64. The second kappa shape index (κ2) is 6.35. The van der Waals surface area contributed by atoms with E-state index in [4.69, 9.17) is 0 Å². The molecule has 0 spiro atoms. The zero-order valence-electron chi connectivity index (χ0n) is 12.2. The monoisotopic (exact) mass is 282 g/mol. The Hall–Kier alpha value is -2.42. The van der Waals surface area contributed by atoms with Crippen LogP contribution in [0.25, 0.3) is 0 Å². The van der Waals surface area contributed by atoms with Crippen molar-refractivity contribution in [3.8, 4) is 0 Å². The number of benzene rings is 2. The van der Waals surface area contributed by atoms with Crippen LogP contribution in [0.2, 0.25) is 0 Å². The van der Waals surface area contributed by atoms with E-state index in [0.29, 0.717) is 12.0 Å². The van der Waals surface area contributed by atoms with Gasteiger partial charge < -0.3 is 9.53 Å². The maximum Gasteiger partial charge on any atom is 0.337 e. The van der Waals surface area contributed by atoms with Crippen LogP contribution in [-0.4, -0.2) is 19.4 Å². The summed E-state index contributed by atoms with van der Waals surface area (Å²) >= 11 is 0. The van der Waals surface area contributed by atoms with Gasteiger partial charge in [-0.25, -0.2) is 4.79 Å². The molecule has 1 unspecified atom stereocenters. The van der Waals surface area contributed by atoms with Crippen molar-refractivity contribution in [2.24, 2.45) is 0 Å². The Morgan fingerprint density at radius 1 is 1.10 bits per heavy atom. The SMILES string of the molecule is COC(=O)c1ccc(CC(C)(C=O)c2ccccc2)cc1. The molecule has 0 saturated carbocycles. The number of carbonyl (C=O) groups is 2. The summed E-state index contributed by atoms with van der Waals surface area (Å²) in [4.78, 5) is 23.0. The molecule has 0 radical (unpaired) electrons. The number of aldehydes is 1. The van der Waals surface area contributed by atoms with Gasteiger partial charge in [0.05, 0.1) is 18.1 Å². The minimum Gasteiger partial charge on any atom is -0.465 e. The quantitative estimate of drug-likeness (QED) is 0.625. The van der Waals surface area contributed by atoms with Gasteiger partial charge in [-0.05, 0) is 36.6 Å². The predicted molar refractivity (Wildman–Crippen MR) is 81.3 cm³/mol. The summed E-state index contributed by atoms with van der Waals surface area (Å²) in [6.45, 7) is 1.92. The molecule has 2 aromatic carbocycles. The van der Waals surface area contributed by atoms with Crippen molar-refractivity contribution >= 4 is 12.3 Å². The van der Waals surface area contributed by atoms with Gasteiger partial charge in [0.15, 0.2) is 0 Å². The van der Waals surface area contributed by atoms with Gasteiger partial charge in [-0.1, -0.05) is 42.5 Å². The normalized spacial score (nSPS) is 13.2. The zero-order chi connectivity index (χ0) is 15.3. The van der Waals surface area contributed by atoms with Crippen LogP contribution >= 0.6 is 0 Å². The molecule has 108 valence electrons. The molecular formula is C18H18O3. The van der Waals surface area contributed by atoms with Crippen LogP contribution in [0.4, 0.5) is 0 Å². The number of hydrogen-bond donors (Lipinski definition) is 0. The Kier molecular flexibility index (Phi) is 4.53. The van der Waals surface area contributed by atoms with Gasteiger partial charge in [-0.15, -0.1) is 0 Å². The minimum atomic E-state index is -0.575. The second-order valence-corrected chi connectivity index (χ2v) is 5.27. The summed E-state index contributed by atoms with van der Waals surface area (Å²) in [7, 11) is 1.36. The Balaban J connectivity index is 2.23. The van der Waals surface area contributed by atoms with Crippen LogP contribution < -0.4 is 0 Å². The molecule has 3 heteroatoms. The van der Waals surface area contributed by atoms with E-state index < -0.39 is 5.41 Å². The third-order valence-corrected chi connectivity index (χ3v) is 3.64. The van der Waals surface area contributed by atoms with Crippen molar-refractivity contribution in [3.05, 3.63) is 71.3 Å². The molecular weight excluding hydrogens is 264 g/mol. The van der Waals surface area contributed by atoms with E-state index in [1.165, 1.54) is 7.11 Å². The highest BCUT2D eigenvalue weighted by Crippen LogP contribution is 2.26. The number of rotatable bonds is 5. The molecule has 0 aliphatic heterocycles. The van der Waals surface area contributed by atoms with E-state index in [1.807, 2.05) is 49.4 Å². The van der Waals surface area contributed by atoms with Crippen molar-refractivity contribution in [2.75, 3.05) is 7.11 Å². The maximum absolute atomic E-state index is 11.6. The molecule has 0 heterocycles. The number of hydrogen-bond acceptors (Lipinski definition) is 3. The lowest BCUT2D eigenvalue weighted by Gasteiger charge is -2.23. The maximum atomic E-state index is 11.6. The Labute approximate surface area is 124 Å². The first kappa shape index (κ1) is 15.0. The molecule has 2 aromatic rings. The first-order valence-corrected chi connectivity index (χ1v) is 6.78. The third kappa shape index (κ3) is 3.37. The van der Waals surface area contributed by atoms with Crippen molar-refractivity contribution in [2.45, 2.75) is 18.8 Å². The molecule has 0 fully saturated rings. The van der Waals surface area contributed by atoms with E-state index in [2.05, 4.69) is 4.74 Å². The van der Waals surface area contributed by atoms with E-state index in [9.17, 15) is 9.59 Å². The summed E-state index contributed by atoms with van der Waals surface area (Å²) in [6, 6.07) is 16.9. The average molecular weight is 282 g/mol. The summed E-state index contributed by atoms with van der Waals surface area (Å²) in [6.07, 6.45) is 1.57. The molecule has 0 aliphatic carbocycles. The smallest absolute Gasteiger partial charge is 0.337 e. The van der Waals surface area contributed by atoms with Crippen molar-refractivity contribution in [1.29, 1.82) is 0 Å². The van der Waals surface area contributed by atoms with Crippen molar-refractivity contribution in [3.63, 3.8) is 0 Å². The molecule has 2 rings (SSSR count). The fourth-order valence-electron chi connectivity index (χ4n) is 2.33. The highest BCUT2D eigenvalue weighted by atomic mass is 16.5.